The first-order chi connectivity index (χ1) is 17.7. The Balaban J connectivity index is 1.77. The van der Waals surface area contributed by atoms with Crippen LogP contribution in [0.15, 0.2) is 109 Å². The van der Waals surface area contributed by atoms with Crippen LogP contribution < -0.4 is 10.6 Å². The minimum Gasteiger partial charge on any atom is -0.373 e. The van der Waals surface area contributed by atoms with Gasteiger partial charge in [-0.1, -0.05) is 73.4 Å². The maximum absolute atomic E-state index is 13.2. The van der Waals surface area contributed by atoms with Crippen molar-refractivity contribution in [1.82, 2.24) is 0 Å². The molecule has 1 atom stereocenters. The van der Waals surface area contributed by atoms with Gasteiger partial charge in [0.25, 0.3) is 5.92 Å². The fourth-order valence-electron chi connectivity index (χ4n) is 4.30. The lowest BCUT2D eigenvalue weighted by Crippen LogP contribution is -2.28. The summed E-state index contributed by atoms with van der Waals surface area (Å²) in [6.45, 7) is 13.2. The van der Waals surface area contributed by atoms with E-state index in [9.17, 15) is 8.78 Å². The van der Waals surface area contributed by atoms with Crippen LogP contribution in [0.1, 0.15) is 57.6 Å². The third-order valence-corrected chi connectivity index (χ3v) is 6.27. The predicted molar refractivity (Wildman–Crippen MR) is 157 cm³/mol. The van der Waals surface area contributed by atoms with Gasteiger partial charge in [-0.25, -0.2) is 8.78 Å². The molecule has 0 radical (unpaired) electrons. The van der Waals surface area contributed by atoms with E-state index in [-0.39, 0.29) is 6.04 Å². The summed E-state index contributed by atoms with van der Waals surface area (Å²) in [7, 11) is 0. The van der Waals surface area contributed by atoms with E-state index in [1.165, 1.54) is 24.5 Å². The third kappa shape index (κ3) is 8.75. The normalized spacial score (nSPS) is 15.5. The highest BCUT2D eigenvalue weighted by atomic mass is 19.3. The summed E-state index contributed by atoms with van der Waals surface area (Å²) < 4.78 is 26.3. The molecule has 3 rings (SSSR count). The Labute approximate surface area is 220 Å². The summed E-state index contributed by atoms with van der Waals surface area (Å²) in [4.78, 5) is 0. The van der Waals surface area contributed by atoms with Crippen LogP contribution in [-0.2, 0) is 0 Å². The van der Waals surface area contributed by atoms with Crippen molar-refractivity contribution in [3.63, 3.8) is 0 Å². The average molecular weight is 501 g/mol. The smallest absolute Gasteiger partial charge is 0.264 e. The van der Waals surface area contributed by atoms with Crippen LogP contribution >= 0.6 is 0 Å². The number of halogens is 2. The second-order valence-electron chi connectivity index (χ2n) is 9.62. The van der Waals surface area contributed by atoms with Gasteiger partial charge in [0, 0.05) is 24.0 Å². The lowest BCUT2D eigenvalue weighted by Gasteiger charge is -2.28. The maximum atomic E-state index is 13.2. The van der Waals surface area contributed by atoms with Gasteiger partial charge in [0.1, 0.15) is 0 Å². The van der Waals surface area contributed by atoms with E-state index in [0.29, 0.717) is 0 Å². The molecule has 0 saturated carbocycles. The second-order valence-corrected chi connectivity index (χ2v) is 9.62. The molecule has 0 fully saturated rings. The van der Waals surface area contributed by atoms with Gasteiger partial charge in [-0.2, -0.15) is 0 Å². The van der Waals surface area contributed by atoms with Crippen molar-refractivity contribution in [1.29, 1.82) is 0 Å². The molecule has 0 aromatic heterocycles. The molecule has 0 spiro atoms. The Morgan fingerprint density at radius 3 is 2.19 bits per heavy atom. The number of nitrogens with one attached hydrogen (secondary N) is 2. The van der Waals surface area contributed by atoms with Crippen molar-refractivity contribution in [3.05, 3.63) is 121 Å². The van der Waals surface area contributed by atoms with Crippen LogP contribution in [0.2, 0.25) is 0 Å². The molecule has 2 aromatic rings. The SMILES string of the molecule is C=C(C)c1ccc(NC(C(=C)Nc2ccc(C(/C=C\C)=C/C=C/C(C)(F)F)cc2)C2=CCCCC2)cc1. The van der Waals surface area contributed by atoms with Gasteiger partial charge in [0.05, 0.1) is 6.04 Å². The van der Waals surface area contributed by atoms with E-state index in [1.807, 2.05) is 50.3 Å². The Morgan fingerprint density at radius 1 is 0.973 bits per heavy atom. The van der Waals surface area contributed by atoms with E-state index >= 15 is 0 Å². The molecule has 0 amide bonds. The fraction of sp³-hybridized carbons (Fsp3) is 0.273. The fourth-order valence-corrected chi connectivity index (χ4v) is 4.30. The Morgan fingerprint density at radius 2 is 1.62 bits per heavy atom. The molecule has 2 aromatic carbocycles. The van der Waals surface area contributed by atoms with Crippen LogP contribution in [0.5, 0.6) is 0 Å². The first kappa shape index (κ1) is 27.9. The largest absolute Gasteiger partial charge is 0.373 e. The van der Waals surface area contributed by atoms with Gasteiger partial charge in [-0.15, -0.1) is 0 Å². The third-order valence-electron chi connectivity index (χ3n) is 6.27. The number of anilines is 2. The molecule has 0 saturated heterocycles. The highest BCUT2D eigenvalue weighted by Crippen LogP contribution is 2.28. The number of hydrogen-bond donors (Lipinski definition) is 2. The van der Waals surface area contributed by atoms with E-state index < -0.39 is 5.92 Å². The topological polar surface area (TPSA) is 24.1 Å². The molecular weight excluding hydrogens is 462 g/mol. The molecular formula is C33H38F2N2. The van der Waals surface area contributed by atoms with Crippen molar-refractivity contribution in [3.8, 4) is 0 Å². The average Bonchev–Trinajstić information content (AvgIpc) is 2.87. The molecule has 37 heavy (non-hydrogen) atoms. The molecule has 0 bridgehead atoms. The first-order valence-corrected chi connectivity index (χ1v) is 12.8. The van der Waals surface area contributed by atoms with Crippen molar-refractivity contribution in [2.24, 2.45) is 0 Å². The number of rotatable bonds is 11. The molecule has 194 valence electrons. The van der Waals surface area contributed by atoms with Crippen LogP contribution in [0.4, 0.5) is 20.2 Å². The summed E-state index contributed by atoms with van der Waals surface area (Å²) >= 11 is 0. The van der Waals surface area contributed by atoms with Crippen molar-refractivity contribution >= 4 is 22.5 Å². The quantitative estimate of drug-likeness (QED) is 0.237. The predicted octanol–water partition coefficient (Wildman–Crippen LogP) is 9.80. The van der Waals surface area contributed by atoms with E-state index in [0.717, 1.165) is 65.2 Å². The molecule has 1 aliphatic rings. The summed E-state index contributed by atoms with van der Waals surface area (Å²) in [5, 5.41) is 7.16. The van der Waals surface area contributed by atoms with E-state index in [2.05, 4.69) is 54.1 Å². The summed E-state index contributed by atoms with van der Waals surface area (Å²) in [6.07, 6.45) is 14.7. The zero-order chi connectivity index (χ0) is 26.8. The summed E-state index contributed by atoms with van der Waals surface area (Å²) in [6, 6.07) is 16.2. The van der Waals surface area contributed by atoms with Gasteiger partial charge in [-0.3, -0.25) is 0 Å². The first-order valence-electron chi connectivity index (χ1n) is 12.8. The summed E-state index contributed by atoms with van der Waals surface area (Å²) in [5.41, 5.74) is 8.15. The maximum Gasteiger partial charge on any atom is 0.264 e. The molecule has 4 heteroatoms. The zero-order valence-corrected chi connectivity index (χ0v) is 22.2. The zero-order valence-electron chi connectivity index (χ0n) is 22.2. The molecule has 2 N–H and O–H groups in total. The van der Waals surface area contributed by atoms with Crippen LogP contribution in [0, 0.1) is 0 Å². The highest BCUT2D eigenvalue weighted by Gasteiger charge is 2.20. The lowest BCUT2D eigenvalue weighted by atomic mass is 9.92. The number of alkyl halides is 2. The molecule has 0 heterocycles. The Hall–Kier alpha value is -3.66. The number of allylic oxidation sites excluding steroid dienone is 8. The minimum absolute atomic E-state index is 0.0324. The lowest BCUT2D eigenvalue weighted by molar-refractivity contribution is 0.0775. The minimum atomic E-state index is -2.84. The van der Waals surface area contributed by atoms with Crippen molar-refractivity contribution in [2.75, 3.05) is 10.6 Å². The van der Waals surface area contributed by atoms with Crippen LogP contribution in [0.25, 0.3) is 11.1 Å². The number of benzene rings is 2. The monoisotopic (exact) mass is 500 g/mol. The Bertz CT molecular complexity index is 1190. The standard InChI is InChI=1S/C33H38F2N2/c1-6-11-27(14-10-23-33(5,34)35)28-17-21-30(22-18-28)36-25(4)32(29-12-8-7-9-13-29)37-31-19-15-26(16-20-31)24(2)3/h6,10-12,14-23,32,36-37H,2,4,7-9,13H2,1,3,5H3/b11-6-,23-10+,27-14+. The summed E-state index contributed by atoms with van der Waals surface area (Å²) in [5.74, 6) is -2.84. The van der Waals surface area contributed by atoms with Crippen molar-refractivity contribution < 1.29 is 8.78 Å². The van der Waals surface area contributed by atoms with Crippen LogP contribution in [-0.4, -0.2) is 12.0 Å². The molecule has 1 aliphatic carbocycles. The van der Waals surface area contributed by atoms with Gasteiger partial charge < -0.3 is 10.6 Å². The van der Waals surface area contributed by atoms with Gasteiger partial charge >= 0.3 is 0 Å². The highest BCUT2D eigenvalue weighted by molar-refractivity contribution is 5.76. The Kier molecular flexibility index (Phi) is 9.85. The van der Waals surface area contributed by atoms with Gasteiger partial charge in [0.15, 0.2) is 0 Å². The molecule has 0 aliphatic heterocycles. The van der Waals surface area contributed by atoms with E-state index in [4.69, 9.17) is 0 Å². The number of hydrogen-bond acceptors (Lipinski definition) is 2. The van der Waals surface area contributed by atoms with E-state index in [1.54, 1.807) is 6.08 Å². The molecule has 1 unspecified atom stereocenters. The molecule has 2 nitrogen and oxygen atoms in total. The van der Waals surface area contributed by atoms with Crippen LogP contribution in [0.3, 0.4) is 0 Å². The van der Waals surface area contributed by atoms with Crippen molar-refractivity contribution in [2.45, 2.75) is 58.4 Å². The van der Waals surface area contributed by atoms with Gasteiger partial charge in [-0.05, 0) is 92.1 Å². The second kappa shape index (κ2) is 13.0. The van der Waals surface area contributed by atoms with Gasteiger partial charge in [0.2, 0.25) is 0 Å².